The lowest BCUT2D eigenvalue weighted by atomic mass is 10.1. The topological polar surface area (TPSA) is 69.9 Å². The fourth-order valence-corrected chi connectivity index (χ4v) is 2.12. The number of nitrogens with two attached hydrogens (primary N) is 2. The molecule has 0 amide bonds. The van der Waals surface area contributed by atoms with Crippen molar-refractivity contribution in [3.05, 3.63) is 53.6 Å². The third-order valence-corrected chi connectivity index (χ3v) is 3.00. The van der Waals surface area contributed by atoms with Gasteiger partial charge in [0.1, 0.15) is 0 Å². The molecule has 0 atom stereocenters. The van der Waals surface area contributed by atoms with E-state index < -0.39 is 0 Å². The van der Waals surface area contributed by atoms with Crippen molar-refractivity contribution in [3.8, 4) is 0 Å². The van der Waals surface area contributed by atoms with Crippen molar-refractivity contribution in [2.45, 2.75) is 19.4 Å². The van der Waals surface area contributed by atoms with E-state index in [1.54, 1.807) is 0 Å². The molecule has 0 radical (unpaired) electrons. The molecule has 4 N–H and O–H groups in total. The smallest absolute Gasteiger partial charge is 0.0952 e. The number of hydrogen-bond acceptors (Lipinski definition) is 3. The molecule has 96 valence electrons. The Morgan fingerprint density at radius 3 is 2.50 bits per heavy atom. The Balaban J connectivity index is 2.25. The van der Waals surface area contributed by atoms with Crippen molar-refractivity contribution in [3.63, 3.8) is 0 Å². The van der Waals surface area contributed by atoms with E-state index in [0.717, 1.165) is 25.1 Å². The zero-order valence-corrected chi connectivity index (χ0v) is 10.5. The third kappa shape index (κ3) is 2.97. The lowest BCUT2D eigenvalue weighted by Gasteiger charge is -2.09. The second-order valence-corrected chi connectivity index (χ2v) is 4.32. The van der Waals surface area contributed by atoms with Gasteiger partial charge in [0, 0.05) is 31.6 Å². The molecule has 18 heavy (non-hydrogen) atoms. The Labute approximate surface area is 108 Å². The summed E-state index contributed by atoms with van der Waals surface area (Å²) in [5.41, 5.74) is 14.9. The third-order valence-electron chi connectivity index (χ3n) is 3.00. The maximum atomic E-state index is 5.63. The first-order valence-corrected chi connectivity index (χ1v) is 6.32. The van der Waals surface area contributed by atoms with Gasteiger partial charge >= 0.3 is 0 Å². The first kappa shape index (κ1) is 12.8. The van der Waals surface area contributed by atoms with Crippen molar-refractivity contribution in [1.82, 2.24) is 9.55 Å². The fraction of sp³-hybridized carbons (Fsp3) is 0.357. The first-order valence-electron chi connectivity index (χ1n) is 6.32. The monoisotopic (exact) mass is 244 g/mol. The summed E-state index contributed by atoms with van der Waals surface area (Å²) in [7, 11) is 0. The molecule has 1 aromatic carbocycles. The van der Waals surface area contributed by atoms with Crippen LogP contribution in [0.4, 0.5) is 0 Å². The molecule has 0 spiro atoms. The van der Waals surface area contributed by atoms with Crippen LogP contribution in [0, 0.1) is 0 Å². The Hall–Kier alpha value is -1.65. The van der Waals surface area contributed by atoms with E-state index in [9.17, 15) is 0 Å². The summed E-state index contributed by atoms with van der Waals surface area (Å²) < 4.78 is 2.14. The number of hydrogen-bond donors (Lipinski definition) is 2. The number of benzene rings is 1. The molecule has 2 aromatic rings. The van der Waals surface area contributed by atoms with Crippen LogP contribution >= 0.6 is 0 Å². The Morgan fingerprint density at radius 1 is 1.06 bits per heavy atom. The number of nitrogens with zero attached hydrogens (tertiary/aromatic N) is 2. The molecule has 0 aliphatic heterocycles. The molecule has 0 unspecified atom stereocenters. The van der Waals surface area contributed by atoms with Crippen molar-refractivity contribution >= 4 is 0 Å². The SMILES string of the molecule is NCCc1ncn(CCN)c1Cc1ccccc1. The minimum absolute atomic E-state index is 0.625. The van der Waals surface area contributed by atoms with Crippen LogP contribution in [0.5, 0.6) is 0 Å². The zero-order chi connectivity index (χ0) is 12.8. The van der Waals surface area contributed by atoms with E-state index in [1.807, 2.05) is 12.4 Å². The largest absolute Gasteiger partial charge is 0.333 e. The molecule has 4 nitrogen and oxygen atoms in total. The molecular formula is C14H20N4. The maximum absolute atomic E-state index is 5.63. The van der Waals surface area contributed by atoms with Gasteiger partial charge in [-0.2, -0.15) is 0 Å². The van der Waals surface area contributed by atoms with Crippen LogP contribution in [-0.4, -0.2) is 22.6 Å². The maximum Gasteiger partial charge on any atom is 0.0952 e. The summed E-state index contributed by atoms with van der Waals surface area (Å²) in [4.78, 5) is 4.45. The predicted molar refractivity (Wildman–Crippen MR) is 73.3 cm³/mol. The molecule has 0 aliphatic rings. The highest BCUT2D eigenvalue weighted by Crippen LogP contribution is 2.14. The number of rotatable bonds is 6. The number of aromatic nitrogens is 2. The predicted octanol–water partition coefficient (Wildman–Crippen LogP) is 0.934. The second-order valence-electron chi connectivity index (χ2n) is 4.32. The highest BCUT2D eigenvalue weighted by molar-refractivity contribution is 5.25. The van der Waals surface area contributed by atoms with Crippen LogP contribution < -0.4 is 11.5 Å². The van der Waals surface area contributed by atoms with Gasteiger partial charge in [-0.15, -0.1) is 0 Å². The minimum Gasteiger partial charge on any atom is -0.333 e. The Morgan fingerprint density at radius 2 is 1.83 bits per heavy atom. The van der Waals surface area contributed by atoms with Gasteiger partial charge in [0.05, 0.1) is 12.0 Å². The van der Waals surface area contributed by atoms with Crippen molar-refractivity contribution in [1.29, 1.82) is 0 Å². The van der Waals surface area contributed by atoms with E-state index in [0.29, 0.717) is 13.1 Å². The lowest BCUT2D eigenvalue weighted by Crippen LogP contribution is -2.13. The van der Waals surface area contributed by atoms with Crippen molar-refractivity contribution < 1.29 is 0 Å². The van der Waals surface area contributed by atoms with E-state index in [-0.39, 0.29) is 0 Å². The Bertz CT molecular complexity index is 452. The number of imidazole rings is 1. The average molecular weight is 244 g/mol. The molecule has 1 aromatic heterocycles. The summed E-state index contributed by atoms with van der Waals surface area (Å²) in [5, 5.41) is 0. The average Bonchev–Trinajstić information content (AvgIpc) is 2.75. The van der Waals surface area contributed by atoms with E-state index in [1.165, 1.54) is 11.3 Å². The van der Waals surface area contributed by atoms with Gasteiger partial charge in [-0.25, -0.2) is 4.98 Å². The van der Waals surface area contributed by atoms with Gasteiger partial charge in [0.25, 0.3) is 0 Å². The van der Waals surface area contributed by atoms with Gasteiger partial charge < -0.3 is 16.0 Å². The molecule has 2 rings (SSSR count). The summed E-state index contributed by atoms with van der Waals surface area (Å²) in [6.07, 6.45) is 3.58. The van der Waals surface area contributed by atoms with Crippen LogP contribution in [0.3, 0.4) is 0 Å². The van der Waals surface area contributed by atoms with Crippen LogP contribution in [0.15, 0.2) is 36.7 Å². The van der Waals surface area contributed by atoms with Gasteiger partial charge in [-0.1, -0.05) is 30.3 Å². The van der Waals surface area contributed by atoms with E-state index >= 15 is 0 Å². The molecular weight excluding hydrogens is 224 g/mol. The first-order chi connectivity index (χ1) is 8.85. The highest BCUT2D eigenvalue weighted by Gasteiger charge is 2.10. The molecule has 0 bridgehead atoms. The van der Waals surface area contributed by atoms with Crippen molar-refractivity contribution in [2.75, 3.05) is 13.1 Å². The van der Waals surface area contributed by atoms with Crippen LogP contribution in [0.25, 0.3) is 0 Å². The molecule has 4 heteroatoms. The lowest BCUT2D eigenvalue weighted by molar-refractivity contribution is 0.676. The van der Waals surface area contributed by atoms with Crippen LogP contribution in [0.1, 0.15) is 17.0 Å². The van der Waals surface area contributed by atoms with Gasteiger partial charge in [-0.3, -0.25) is 0 Å². The quantitative estimate of drug-likeness (QED) is 0.794. The standard InChI is InChI=1S/C14H20N4/c15-7-6-13-14(18(9-8-16)11-17-13)10-12-4-2-1-3-5-12/h1-5,11H,6-10,15-16H2. The van der Waals surface area contributed by atoms with Crippen LogP contribution in [0.2, 0.25) is 0 Å². The summed E-state index contributed by atoms with van der Waals surface area (Å²) in [6, 6.07) is 10.4. The zero-order valence-electron chi connectivity index (χ0n) is 10.5. The minimum atomic E-state index is 0.625. The normalized spacial score (nSPS) is 10.8. The molecule has 0 saturated heterocycles. The molecule has 1 heterocycles. The van der Waals surface area contributed by atoms with Gasteiger partial charge in [0.15, 0.2) is 0 Å². The van der Waals surface area contributed by atoms with Crippen molar-refractivity contribution in [2.24, 2.45) is 11.5 Å². The van der Waals surface area contributed by atoms with Crippen LogP contribution in [-0.2, 0) is 19.4 Å². The molecule has 0 aliphatic carbocycles. The van der Waals surface area contributed by atoms with Gasteiger partial charge in [0.2, 0.25) is 0 Å². The fourth-order valence-electron chi connectivity index (χ4n) is 2.12. The van der Waals surface area contributed by atoms with E-state index in [4.69, 9.17) is 11.5 Å². The summed E-state index contributed by atoms with van der Waals surface area (Å²) in [6.45, 7) is 2.06. The highest BCUT2D eigenvalue weighted by atomic mass is 15.1. The second kappa shape index (κ2) is 6.33. The van der Waals surface area contributed by atoms with E-state index in [2.05, 4.69) is 33.8 Å². The summed E-state index contributed by atoms with van der Waals surface area (Å²) >= 11 is 0. The summed E-state index contributed by atoms with van der Waals surface area (Å²) in [5.74, 6) is 0. The Kier molecular flexibility index (Phi) is 4.50. The van der Waals surface area contributed by atoms with Gasteiger partial charge in [-0.05, 0) is 12.1 Å². The molecule has 0 saturated carbocycles. The molecule has 0 fully saturated rings.